The fourth-order valence-corrected chi connectivity index (χ4v) is 2.10. The van der Waals surface area contributed by atoms with Gasteiger partial charge >= 0.3 is 12.0 Å². The number of hydrogen-bond acceptors (Lipinski definition) is 5. The van der Waals surface area contributed by atoms with Crippen LogP contribution in [0.25, 0.3) is 10.8 Å². The summed E-state index contributed by atoms with van der Waals surface area (Å²) in [5, 5.41) is 6.09. The Morgan fingerprint density at radius 1 is 1.08 bits per heavy atom. The molecule has 0 saturated heterocycles. The summed E-state index contributed by atoms with van der Waals surface area (Å²) in [5.41, 5.74) is 5.19. The summed E-state index contributed by atoms with van der Waals surface area (Å²) >= 11 is 0. The zero-order valence-electron chi connectivity index (χ0n) is 13.4. The van der Waals surface area contributed by atoms with Crippen molar-refractivity contribution in [1.82, 2.24) is 10.6 Å². The van der Waals surface area contributed by atoms with E-state index in [2.05, 4.69) is 5.32 Å². The first-order valence-electron chi connectivity index (χ1n) is 7.43. The van der Waals surface area contributed by atoms with Gasteiger partial charge in [-0.25, -0.2) is 4.79 Å². The van der Waals surface area contributed by atoms with Crippen molar-refractivity contribution in [2.45, 2.75) is 13.0 Å². The second kappa shape index (κ2) is 7.91. The second-order valence-corrected chi connectivity index (χ2v) is 5.23. The number of nitrogens with one attached hydrogen (secondary N) is 2. The number of hydrogen-bond donors (Lipinski definition) is 3. The molecule has 2 aromatic carbocycles. The first-order chi connectivity index (χ1) is 11.9. The van der Waals surface area contributed by atoms with Gasteiger partial charge in [-0.1, -0.05) is 30.3 Å². The Balaban J connectivity index is 1.89. The van der Waals surface area contributed by atoms with Gasteiger partial charge in [0.2, 0.25) is 0 Å². The third-order valence-electron chi connectivity index (χ3n) is 3.33. The van der Waals surface area contributed by atoms with E-state index in [9.17, 15) is 19.2 Å². The number of amides is 4. The lowest BCUT2D eigenvalue weighted by atomic mass is 10.1. The number of esters is 1. The van der Waals surface area contributed by atoms with Crippen LogP contribution in [0.2, 0.25) is 0 Å². The average molecular weight is 343 g/mol. The molecule has 130 valence electrons. The molecule has 25 heavy (non-hydrogen) atoms. The summed E-state index contributed by atoms with van der Waals surface area (Å²) in [6.07, 6.45) is -1.21. The molecule has 4 amide bonds. The Kier molecular flexibility index (Phi) is 5.67. The number of benzene rings is 2. The van der Waals surface area contributed by atoms with Gasteiger partial charge in [0.1, 0.15) is 6.54 Å². The van der Waals surface area contributed by atoms with Crippen molar-refractivity contribution in [1.29, 1.82) is 0 Å². The summed E-state index contributed by atoms with van der Waals surface area (Å²) in [6, 6.07) is 11.7. The molecule has 0 radical (unpaired) electrons. The number of imide groups is 1. The van der Waals surface area contributed by atoms with Crippen LogP contribution in [0.4, 0.5) is 4.79 Å². The van der Waals surface area contributed by atoms with E-state index in [0.29, 0.717) is 5.56 Å². The largest absolute Gasteiger partial charge is 0.451 e. The molecule has 0 heterocycles. The summed E-state index contributed by atoms with van der Waals surface area (Å²) in [6.45, 7) is 0.862. The third kappa shape index (κ3) is 5.03. The van der Waals surface area contributed by atoms with Crippen molar-refractivity contribution >= 4 is 34.6 Å². The second-order valence-electron chi connectivity index (χ2n) is 5.23. The monoisotopic (exact) mass is 343 g/mol. The molecule has 0 spiro atoms. The van der Waals surface area contributed by atoms with Crippen molar-refractivity contribution in [3.05, 3.63) is 48.0 Å². The number of rotatable bonds is 5. The Labute approximate surface area is 143 Å². The fraction of sp³-hybridized carbons (Fsp3) is 0.176. The van der Waals surface area contributed by atoms with E-state index in [0.717, 1.165) is 10.8 Å². The van der Waals surface area contributed by atoms with Crippen molar-refractivity contribution in [2.24, 2.45) is 5.73 Å². The van der Waals surface area contributed by atoms with Crippen LogP contribution in [0.1, 0.15) is 17.3 Å². The van der Waals surface area contributed by atoms with E-state index in [-0.39, 0.29) is 0 Å². The van der Waals surface area contributed by atoms with Crippen LogP contribution in [-0.2, 0) is 14.3 Å². The van der Waals surface area contributed by atoms with E-state index < -0.39 is 36.5 Å². The van der Waals surface area contributed by atoms with Crippen LogP contribution in [0.5, 0.6) is 0 Å². The predicted octanol–water partition coefficient (Wildman–Crippen LogP) is 0.696. The van der Waals surface area contributed by atoms with Gasteiger partial charge in [-0.3, -0.25) is 19.7 Å². The highest BCUT2D eigenvalue weighted by Gasteiger charge is 2.19. The van der Waals surface area contributed by atoms with Crippen molar-refractivity contribution in [2.75, 3.05) is 6.54 Å². The molecule has 0 aliphatic heterocycles. The normalized spacial score (nSPS) is 11.4. The van der Waals surface area contributed by atoms with Crippen LogP contribution in [-0.4, -0.2) is 36.5 Å². The number of primary amides is 1. The third-order valence-corrected chi connectivity index (χ3v) is 3.33. The molecule has 0 bridgehead atoms. The van der Waals surface area contributed by atoms with Gasteiger partial charge < -0.3 is 15.8 Å². The van der Waals surface area contributed by atoms with Gasteiger partial charge in [-0.05, 0) is 29.8 Å². The molecule has 0 aliphatic rings. The van der Waals surface area contributed by atoms with E-state index in [1.54, 1.807) is 23.5 Å². The highest BCUT2D eigenvalue weighted by molar-refractivity contribution is 6.00. The van der Waals surface area contributed by atoms with Crippen LogP contribution >= 0.6 is 0 Å². The summed E-state index contributed by atoms with van der Waals surface area (Å²) in [5.74, 6) is -2.11. The highest BCUT2D eigenvalue weighted by atomic mass is 16.5. The SMILES string of the molecule is C[C@H](OC(=O)CNC(=O)c1ccc2ccccc2c1)C(=O)NC(N)=O. The molecule has 0 unspecified atom stereocenters. The quantitative estimate of drug-likeness (QED) is 0.689. The maximum absolute atomic E-state index is 12.1. The Morgan fingerprint density at radius 3 is 2.44 bits per heavy atom. The van der Waals surface area contributed by atoms with Crippen LogP contribution in [0.15, 0.2) is 42.5 Å². The van der Waals surface area contributed by atoms with Crippen molar-refractivity contribution in [3.63, 3.8) is 0 Å². The minimum absolute atomic E-state index is 0.394. The Morgan fingerprint density at radius 2 is 1.76 bits per heavy atom. The van der Waals surface area contributed by atoms with Gasteiger partial charge in [-0.15, -0.1) is 0 Å². The van der Waals surface area contributed by atoms with Crippen LogP contribution < -0.4 is 16.4 Å². The minimum atomic E-state index is -1.21. The number of nitrogens with two attached hydrogens (primary N) is 1. The minimum Gasteiger partial charge on any atom is -0.451 e. The fourth-order valence-electron chi connectivity index (χ4n) is 2.10. The van der Waals surface area contributed by atoms with Crippen molar-refractivity contribution in [3.8, 4) is 0 Å². The molecule has 0 fully saturated rings. The van der Waals surface area contributed by atoms with Crippen molar-refractivity contribution < 1.29 is 23.9 Å². The molecule has 8 heteroatoms. The number of ether oxygens (including phenoxy) is 1. The highest BCUT2D eigenvalue weighted by Crippen LogP contribution is 2.15. The number of urea groups is 1. The lowest BCUT2D eigenvalue weighted by Crippen LogP contribution is -2.43. The molecule has 1 atom stereocenters. The molecule has 2 rings (SSSR count). The molecule has 2 aromatic rings. The van der Waals surface area contributed by atoms with Gasteiger partial charge in [0.15, 0.2) is 6.10 Å². The summed E-state index contributed by atoms with van der Waals surface area (Å²) < 4.78 is 4.80. The summed E-state index contributed by atoms with van der Waals surface area (Å²) in [4.78, 5) is 45.7. The molecular weight excluding hydrogens is 326 g/mol. The first-order valence-corrected chi connectivity index (χ1v) is 7.43. The first kappa shape index (κ1) is 17.9. The molecule has 0 aromatic heterocycles. The number of carbonyl (C=O) groups excluding carboxylic acids is 4. The topological polar surface area (TPSA) is 128 Å². The van der Waals surface area contributed by atoms with E-state index in [4.69, 9.17) is 10.5 Å². The molecular formula is C17H17N3O5. The van der Waals surface area contributed by atoms with Gasteiger partial charge in [0.25, 0.3) is 11.8 Å². The van der Waals surface area contributed by atoms with Gasteiger partial charge in [0, 0.05) is 5.56 Å². The summed E-state index contributed by atoms with van der Waals surface area (Å²) in [7, 11) is 0. The molecule has 4 N–H and O–H groups in total. The smallest absolute Gasteiger partial charge is 0.326 e. The Hall–Kier alpha value is -3.42. The maximum atomic E-state index is 12.1. The maximum Gasteiger partial charge on any atom is 0.326 e. The zero-order valence-corrected chi connectivity index (χ0v) is 13.4. The predicted molar refractivity (Wildman–Crippen MR) is 89.6 cm³/mol. The van der Waals surface area contributed by atoms with Crippen LogP contribution in [0, 0.1) is 0 Å². The zero-order chi connectivity index (χ0) is 18.4. The molecule has 8 nitrogen and oxygen atoms in total. The van der Waals surface area contributed by atoms with Gasteiger partial charge in [-0.2, -0.15) is 0 Å². The van der Waals surface area contributed by atoms with Gasteiger partial charge in [0.05, 0.1) is 0 Å². The molecule has 0 saturated carbocycles. The number of carbonyl (C=O) groups is 4. The standard InChI is InChI=1S/C17H17N3O5/c1-10(15(22)20-17(18)24)25-14(21)9-19-16(23)13-7-6-11-4-2-3-5-12(11)8-13/h2-8,10H,9H2,1H3,(H,19,23)(H3,18,20,22,24)/t10-/m0/s1. The van der Waals surface area contributed by atoms with E-state index >= 15 is 0 Å². The van der Waals surface area contributed by atoms with E-state index in [1.807, 2.05) is 24.3 Å². The molecule has 0 aliphatic carbocycles. The Bertz CT molecular complexity index is 834. The number of fused-ring (bicyclic) bond motifs is 1. The van der Waals surface area contributed by atoms with Crippen LogP contribution in [0.3, 0.4) is 0 Å². The average Bonchev–Trinajstić information content (AvgIpc) is 2.58. The lowest BCUT2D eigenvalue weighted by molar-refractivity contribution is -0.153. The lowest BCUT2D eigenvalue weighted by Gasteiger charge is -2.12. The van der Waals surface area contributed by atoms with E-state index in [1.165, 1.54) is 6.92 Å².